The Morgan fingerprint density at radius 3 is 2.43 bits per heavy atom. The molecule has 0 spiro atoms. The molecule has 3 aromatic rings. The summed E-state index contributed by atoms with van der Waals surface area (Å²) in [7, 11) is 3.47. The van der Waals surface area contributed by atoms with Crippen LogP contribution >= 0.6 is 0 Å². The van der Waals surface area contributed by atoms with Gasteiger partial charge in [-0.2, -0.15) is 0 Å². The van der Waals surface area contributed by atoms with Crippen molar-refractivity contribution >= 4 is 11.6 Å². The Hall–Kier alpha value is -3.18. The highest BCUT2D eigenvalue weighted by Crippen LogP contribution is 2.25. The SMILES string of the molecule is COc1cccc(NC(=O)[C@H](c2ccccc2)N(C)Cc2ccc(F)cc2)c1. The predicted octanol–water partition coefficient (Wildman–Crippen LogP) is 4.65. The Morgan fingerprint density at radius 2 is 1.75 bits per heavy atom. The average molecular weight is 378 g/mol. The second kappa shape index (κ2) is 9.15. The lowest BCUT2D eigenvalue weighted by Gasteiger charge is -2.27. The van der Waals surface area contributed by atoms with E-state index in [0.717, 1.165) is 11.1 Å². The Bertz CT molecular complexity index is 913. The number of likely N-dealkylation sites (N-methyl/N-ethyl adjacent to an activating group) is 1. The Kier molecular flexibility index (Phi) is 6.40. The zero-order chi connectivity index (χ0) is 19.9. The molecule has 0 radical (unpaired) electrons. The number of halogens is 1. The molecule has 0 saturated heterocycles. The van der Waals surface area contributed by atoms with Gasteiger partial charge in [-0.15, -0.1) is 0 Å². The van der Waals surface area contributed by atoms with Crippen LogP contribution in [0, 0.1) is 5.82 Å². The summed E-state index contributed by atoms with van der Waals surface area (Å²) in [6, 6.07) is 22.7. The second-order valence-corrected chi connectivity index (χ2v) is 6.58. The summed E-state index contributed by atoms with van der Waals surface area (Å²) >= 11 is 0. The molecular formula is C23H23FN2O2. The summed E-state index contributed by atoms with van der Waals surface area (Å²) in [5.41, 5.74) is 2.48. The number of methoxy groups -OCH3 is 1. The van der Waals surface area contributed by atoms with E-state index < -0.39 is 6.04 Å². The number of amides is 1. The van der Waals surface area contributed by atoms with Gasteiger partial charge in [-0.25, -0.2) is 4.39 Å². The number of hydrogen-bond acceptors (Lipinski definition) is 3. The van der Waals surface area contributed by atoms with Crippen molar-refractivity contribution < 1.29 is 13.9 Å². The first-order chi connectivity index (χ1) is 13.6. The smallest absolute Gasteiger partial charge is 0.246 e. The molecule has 0 heterocycles. The van der Waals surface area contributed by atoms with E-state index in [2.05, 4.69) is 5.32 Å². The molecule has 28 heavy (non-hydrogen) atoms. The van der Waals surface area contributed by atoms with Gasteiger partial charge < -0.3 is 10.1 Å². The number of benzene rings is 3. The molecule has 0 bridgehead atoms. The van der Waals surface area contributed by atoms with Crippen LogP contribution in [0.3, 0.4) is 0 Å². The molecule has 5 heteroatoms. The standard InChI is InChI=1S/C23H23FN2O2/c1-26(16-17-11-13-19(24)14-12-17)22(18-7-4-3-5-8-18)23(27)25-20-9-6-10-21(15-20)28-2/h3-15,22H,16H2,1-2H3,(H,25,27)/t22-/m0/s1. The van der Waals surface area contributed by atoms with Gasteiger partial charge in [0.25, 0.3) is 0 Å². The van der Waals surface area contributed by atoms with E-state index in [1.807, 2.05) is 60.5 Å². The Labute approximate surface area is 164 Å². The summed E-state index contributed by atoms with van der Waals surface area (Å²) in [5, 5.41) is 2.97. The molecule has 0 aliphatic rings. The van der Waals surface area contributed by atoms with Crippen molar-refractivity contribution in [3.8, 4) is 5.75 Å². The van der Waals surface area contributed by atoms with Crippen LogP contribution in [-0.4, -0.2) is 25.0 Å². The van der Waals surface area contributed by atoms with Crippen molar-refractivity contribution in [2.75, 3.05) is 19.5 Å². The maximum atomic E-state index is 13.2. The van der Waals surface area contributed by atoms with Gasteiger partial charge in [-0.1, -0.05) is 48.5 Å². The fourth-order valence-corrected chi connectivity index (χ4v) is 3.12. The van der Waals surface area contributed by atoms with Crippen molar-refractivity contribution in [3.05, 3.63) is 95.8 Å². The molecule has 0 aliphatic heterocycles. The number of carbonyl (C=O) groups excluding carboxylic acids is 1. The number of ether oxygens (including phenoxy) is 1. The minimum atomic E-state index is -0.502. The zero-order valence-electron chi connectivity index (χ0n) is 15.9. The van der Waals surface area contributed by atoms with Crippen molar-refractivity contribution in [2.24, 2.45) is 0 Å². The van der Waals surface area contributed by atoms with Crippen LogP contribution in [-0.2, 0) is 11.3 Å². The number of anilines is 1. The molecule has 0 saturated carbocycles. The van der Waals surface area contributed by atoms with Crippen LogP contribution in [0.1, 0.15) is 17.2 Å². The normalized spacial score (nSPS) is 11.9. The van der Waals surface area contributed by atoms with E-state index in [1.165, 1.54) is 12.1 Å². The van der Waals surface area contributed by atoms with E-state index in [9.17, 15) is 9.18 Å². The van der Waals surface area contributed by atoms with Crippen molar-refractivity contribution in [2.45, 2.75) is 12.6 Å². The molecule has 144 valence electrons. The minimum absolute atomic E-state index is 0.149. The van der Waals surface area contributed by atoms with E-state index in [1.54, 1.807) is 25.3 Å². The summed E-state index contributed by atoms with van der Waals surface area (Å²) < 4.78 is 18.4. The third-order valence-corrected chi connectivity index (χ3v) is 4.49. The van der Waals surface area contributed by atoms with E-state index in [-0.39, 0.29) is 11.7 Å². The molecular weight excluding hydrogens is 355 g/mol. The van der Waals surface area contributed by atoms with Crippen LogP contribution in [0.4, 0.5) is 10.1 Å². The lowest BCUT2D eigenvalue weighted by Crippen LogP contribution is -2.34. The van der Waals surface area contributed by atoms with Gasteiger partial charge in [0, 0.05) is 18.3 Å². The first-order valence-electron chi connectivity index (χ1n) is 9.01. The summed E-state index contributed by atoms with van der Waals surface area (Å²) in [4.78, 5) is 15.1. The predicted molar refractivity (Wildman–Crippen MR) is 109 cm³/mol. The maximum Gasteiger partial charge on any atom is 0.246 e. The number of rotatable bonds is 7. The molecule has 4 nitrogen and oxygen atoms in total. The lowest BCUT2D eigenvalue weighted by atomic mass is 10.0. The van der Waals surface area contributed by atoms with Gasteiger partial charge in [-0.05, 0) is 42.4 Å². The van der Waals surface area contributed by atoms with Gasteiger partial charge in [0.1, 0.15) is 17.6 Å². The Balaban J connectivity index is 1.83. The molecule has 1 amide bonds. The number of hydrogen-bond donors (Lipinski definition) is 1. The van der Waals surface area contributed by atoms with Crippen LogP contribution in [0.5, 0.6) is 5.75 Å². The summed E-state index contributed by atoms with van der Waals surface area (Å²) in [6.07, 6.45) is 0. The third-order valence-electron chi connectivity index (χ3n) is 4.49. The molecule has 0 aliphatic carbocycles. The first kappa shape index (κ1) is 19.6. The maximum absolute atomic E-state index is 13.2. The highest BCUT2D eigenvalue weighted by atomic mass is 19.1. The van der Waals surface area contributed by atoms with Gasteiger partial charge in [0.2, 0.25) is 5.91 Å². The summed E-state index contributed by atoms with van der Waals surface area (Å²) in [6.45, 7) is 0.505. The number of carbonyl (C=O) groups is 1. The highest BCUT2D eigenvalue weighted by molar-refractivity contribution is 5.95. The fraction of sp³-hybridized carbons (Fsp3) is 0.174. The van der Waals surface area contributed by atoms with E-state index in [4.69, 9.17) is 4.74 Å². The molecule has 0 aromatic heterocycles. The van der Waals surface area contributed by atoms with E-state index >= 15 is 0 Å². The van der Waals surface area contributed by atoms with Gasteiger partial charge in [-0.3, -0.25) is 9.69 Å². The number of nitrogens with zero attached hydrogens (tertiary/aromatic N) is 1. The van der Waals surface area contributed by atoms with Crippen molar-refractivity contribution in [1.82, 2.24) is 4.90 Å². The molecule has 1 N–H and O–H groups in total. The van der Waals surface area contributed by atoms with Crippen LogP contribution in [0.15, 0.2) is 78.9 Å². The first-order valence-corrected chi connectivity index (χ1v) is 9.01. The fourth-order valence-electron chi connectivity index (χ4n) is 3.12. The highest BCUT2D eigenvalue weighted by Gasteiger charge is 2.25. The van der Waals surface area contributed by atoms with E-state index in [0.29, 0.717) is 18.0 Å². The largest absolute Gasteiger partial charge is 0.497 e. The minimum Gasteiger partial charge on any atom is -0.497 e. The quantitative estimate of drug-likeness (QED) is 0.651. The van der Waals surface area contributed by atoms with Gasteiger partial charge >= 0.3 is 0 Å². The summed E-state index contributed by atoms with van der Waals surface area (Å²) in [5.74, 6) is 0.250. The number of nitrogens with one attached hydrogen (secondary N) is 1. The monoisotopic (exact) mass is 378 g/mol. The molecule has 3 aromatic carbocycles. The Morgan fingerprint density at radius 1 is 1.04 bits per heavy atom. The van der Waals surface area contributed by atoms with Gasteiger partial charge in [0.05, 0.1) is 7.11 Å². The van der Waals surface area contributed by atoms with Crippen LogP contribution in [0.2, 0.25) is 0 Å². The van der Waals surface area contributed by atoms with Crippen LogP contribution in [0.25, 0.3) is 0 Å². The molecule has 0 unspecified atom stereocenters. The molecule has 0 fully saturated rings. The van der Waals surface area contributed by atoms with Gasteiger partial charge in [0.15, 0.2) is 0 Å². The topological polar surface area (TPSA) is 41.6 Å². The molecule has 1 atom stereocenters. The van der Waals surface area contributed by atoms with Crippen molar-refractivity contribution in [1.29, 1.82) is 0 Å². The lowest BCUT2D eigenvalue weighted by molar-refractivity contribution is -0.121. The molecule has 3 rings (SSSR count). The van der Waals surface area contributed by atoms with Crippen LogP contribution < -0.4 is 10.1 Å². The second-order valence-electron chi connectivity index (χ2n) is 6.58. The third kappa shape index (κ3) is 4.96. The average Bonchev–Trinajstić information content (AvgIpc) is 2.71. The van der Waals surface area contributed by atoms with Crippen molar-refractivity contribution in [3.63, 3.8) is 0 Å². The zero-order valence-corrected chi connectivity index (χ0v) is 15.9.